The van der Waals surface area contributed by atoms with Gasteiger partial charge in [-0.15, -0.1) is 0 Å². The quantitative estimate of drug-likeness (QED) is 0.616. The molecule has 0 aliphatic rings. The Hall–Kier alpha value is -1.01. The summed E-state index contributed by atoms with van der Waals surface area (Å²) in [6.45, 7) is 1.53. The minimum absolute atomic E-state index is 0.167. The van der Waals surface area contributed by atoms with Crippen molar-refractivity contribution in [2.24, 2.45) is 5.14 Å². The highest BCUT2D eigenvalue weighted by Crippen LogP contribution is 2.03. The summed E-state index contributed by atoms with van der Waals surface area (Å²) >= 11 is 0. The second-order valence-electron chi connectivity index (χ2n) is 1.99. The largest absolute Gasteiger partial charge is 0.257 e. The molecule has 5 nitrogen and oxygen atoms in total. The molecule has 1 rings (SSSR count). The van der Waals surface area contributed by atoms with E-state index in [1.54, 1.807) is 0 Å². The average Bonchev–Trinajstić information content (AvgIpc) is 1.86. The maximum Gasteiger partial charge on any atom is 0.257 e. The fraction of sp³-hybridized carbons (Fsp3) is 0.200. The van der Waals surface area contributed by atoms with E-state index in [9.17, 15) is 8.42 Å². The van der Waals surface area contributed by atoms with Gasteiger partial charge in [-0.05, 0) is 6.92 Å². The first-order valence-corrected chi connectivity index (χ1v) is 4.37. The number of nitrogens with two attached hydrogens (primary N) is 1. The van der Waals surface area contributed by atoms with Gasteiger partial charge in [-0.2, -0.15) is 0 Å². The first-order valence-electron chi connectivity index (χ1n) is 2.82. The van der Waals surface area contributed by atoms with Crippen molar-refractivity contribution in [3.8, 4) is 0 Å². The lowest BCUT2D eigenvalue weighted by Gasteiger charge is -1.97. The zero-order valence-corrected chi connectivity index (χ0v) is 6.67. The van der Waals surface area contributed by atoms with E-state index in [4.69, 9.17) is 5.14 Å². The molecule has 0 saturated heterocycles. The smallest absolute Gasteiger partial charge is 0.257 e. The van der Waals surface area contributed by atoms with E-state index in [0.29, 0.717) is 5.69 Å². The number of primary sulfonamides is 1. The predicted molar refractivity (Wildman–Crippen MR) is 38.1 cm³/mol. The summed E-state index contributed by atoms with van der Waals surface area (Å²) in [6, 6.07) is 0. The maximum atomic E-state index is 10.7. The van der Waals surface area contributed by atoms with Gasteiger partial charge in [0.15, 0.2) is 5.03 Å². The van der Waals surface area contributed by atoms with Crippen molar-refractivity contribution in [2.75, 3.05) is 0 Å². The topological polar surface area (TPSA) is 85.9 Å². The lowest BCUT2D eigenvalue weighted by molar-refractivity contribution is 0.592. The van der Waals surface area contributed by atoms with Crippen molar-refractivity contribution in [3.63, 3.8) is 0 Å². The highest BCUT2D eigenvalue weighted by Gasteiger charge is 2.12. The van der Waals surface area contributed by atoms with Crippen LogP contribution in [0, 0.1) is 6.92 Å². The number of nitrogens with zero attached hydrogens (tertiary/aromatic N) is 2. The molecule has 0 bridgehead atoms. The van der Waals surface area contributed by atoms with Crippen LogP contribution in [-0.4, -0.2) is 18.4 Å². The molecule has 1 aromatic heterocycles. The predicted octanol–water partition coefficient (Wildman–Crippen LogP) is -0.568. The number of sulfonamides is 1. The van der Waals surface area contributed by atoms with Crippen LogP contribution in [0.3, 0.4) is 0 Å². The molecule has 1 heterocycles. The lowest BCUT2D eigenvalue weighted by atomic mass is 10.5. The fourth-order valence-electron chi connectivity index (χ4n) is 0.674. The molecule has 0 unspecified atom stereocenters. The van der Waals surface area contributed by atoms with Gasteiger partial charge >= 0.3 is 0 Å². The van der Waals surface area contributed by atoms with Crippen molar-refractivity contribution >= 4 is 10.0 Å². The summed E-state index contributed by atoms with van der Waals surface area (Å²) in [6.07, 6.45) is 2.69. The molecule has 0 aromatic carbocycles. The zero-order valence-electron chi connectivity index (χ0n) is 5.85. The van der Waals surface area contributed by atoms with Gasteiger partial charge in [-0.3, -0.25) is 4.98 Å². The van der Waals surface area contributed by atoms with Crippen LogP contribution in [0.2, 0.25) is 0 Å². The molecule has 0 radical (unpaired) electrons. The molecule has 0 saturated carbocycles. The van der Waals surface area contributed by atoms with E-state index < -0.39 is 10.0 Å². The van der Waals surface area contributed by atoms with Gasteiger partial charge in [0.2, 0.25) is 0 Å². The van der Waals surface area contributed by atoms with Crippen LogP contribution in [0.5, 0.6) is 0 Å². The van der Waals surface area contributed by atoms with Gasteiger partial charge in [-0.1, -0.05) is 0 Å². The van der Waals surface area contributed by atoms with Gasteiger partial charge in [0.25, 0.3) is 10.0 Å². The zero-order chi connectivity index (χ0) is 8.48. The lowest BCUT2D eigenvalue weighted by Crippen LogP contribution is -2.15. The molecule has 0 aliphatic carbocycles. The monoisotopic (exact) mass is 173 g/mol. The molecule has 6 heteroatoms. The minimum Gasteiger partial charge on any atom is -0.257 e. The minimum atomic E-state index is -3.71. The highest BCUT2D eigenvalue weighted by molar-refractivity contribution is 7.89. The van der Waals surface area contributed by atoms with Crippen molar-refractivity contribution in [2.45, 2.75) is 11.9 Å². The molecule has 60 valence electrons. The molecular formula is C5H7N3O2S. The molecule has 0 amide bonds. The van der Waals surface area contributed by atoms with Gasteiger partial charge < -0.3 is 0 Å². The Labute approximate surface area is 64.3 Å². The van der Waals surface area contributed by atoms with Crippen molar-refractivity contribution in [3.05, 3.63) is 18.1 Å². The van der Waals surface area contributed by atoms with Crippen LogP contribution in [0.1, 0.15) is 5.69 Å². The molecular weight excluding hydrogens is 166 g/mol. The normalized spacial score (nSPS) is 11.5. The Kier molecular flexibility index (Phi) is 1.88. The summed E-state index contributed by atoms with van der Waals surface area (Å²) < 4.78 is 21.5. The number of aryl methyl sites for hydroxylation is 1. The number of aromatic nitrogens is 2. The third-order valence-corrected chi connectivity index (χ3v) is 2.05. The van der Waals surface area contributed by atoms with Gasteiger partial charge in [0.05, 0.1) is 5.69 Å². The van der Waals surface area contributed by atoms with Crippen molar-refractivity contribution < 1.29 is 8.42 Å². The second-order valence-corrected chi connectivity index (χ2v) is 3.47. The van der Waals surface area contributed by atoms with Crippen LogP contribution >= 0.6 is 0 Å². The molecule has 0 aliphatic heterocycles. The van der Waals surface area contributed by atoms with Crippen LogP contribution in [0.4, 0.5) is 0 Å². The van der Waals surface area contributed by atoms with Crippen LogP contribution < -0.4 is 5.14 Å². The Bertz CT molecular complexity index is 360. The Morgan fingerprint density at radius 3 is 2.27 bits per heavy atom. The first-order chi connectivity index (χ1) is 5.02. The van der Waals surface area contributed by atoms with Gasteiger partial charge in [0.1, 0.15) is 0 Å². The number of hydrogen-bond acceptors (Lipinski definition) is 4. The highest BCUT2D eigenvalue weighted by atomic mass is 32.2. The molecule has 0 fully saturated rings. The van der Waals surface area contributed by atoms with Gasteiger partial charge in [0, 0.05) is 12.4 Å². The van der Waals surface area contributed by atoms with Crippen LogP contribution in [0.25, 0.3) is 0 Å². The Morgan fingerprint density at radius 2 is 1.91 bits per heavy atom. The van der Waals surface area contributed by atoms with Crippen molar-refractivity contribution in [1.29, 1.82) is 0 Å². The third kappa shape index (κ3) is 1.72. The molecule has 11 heavy (non-hydrogen) atoms. The van der Waals surface area contributed by atoms with E-state index >= 15 is 0 Å². The summed E-state index contributed by atoms with van der Waals surface area (Å²) in [5.74, 6) is 0. The van der Waals surface area contributed by atoms with E-state index in [2.05, 4.69) is 9.97 Å². The molecule has 0 atom stereocenters. The van der Waals surface area contributed by atoms with E-state index in [-0.39, 0.29) is 5.03 Å². The van der Waals surface area contributed by atoms with E-state index in [0.717, 1.165) is 0 Å². The number of rotatable bonds is 1. The SMILES string of the molecule is Cc1nccnc1S(N)(=O)=O. The second kappa shape index (κ2) is 2.55. The average molecular weight is 173 g/mol. The summed E-state index contributed by atoms with van der Waals surface area (Å²) in [5.41, 5.74) is 0.315. The van der Waals surface area contributed by atoms with Crippen LogP contribution in [-0.2, 0) is 10.0 Å². The molecule has 2 N–H and O–H groups in total. The summed E-state index contributed by atoms with van der Waals surface area (Å²) in [7, 11) is -3.71. The standard InChI is InChI=1S/C5H7N3O2S/c1-4-5(11(6,9)10)8-3-2-7-4/h2-3H,1H3,(H2,6,9,10). The number of hydrogen-bond donors (Lipinski definition) is 1. The van der Waals surface area contributed by atoms with Crippen molar-refractivity contribution in [1.82, 2.24) is 9.97 Å². The fourth-order valence-corrected chi connectivity index (χ4v) is 1.35. The van der Waals surface area contributed by atoms with Crippen LogP contribution in [0.15, 0.2) is 17.4 Å². The Balaban J connectivity index is 3.37. The molecule has 1 aromatic rings. The Morgan fingerprint density at radius 1 is 1.36 bits per heavy atom. The summed E-state index contributed by atoms with van der Waals surface area (Å²) in [5, 5.41) is 4.66. The third-order valence-electron chi connectivity index (χ3n) is 1.11. The van der Waals surface area contributed by atoms with Gasteiger partial charge in [-0.25, -0.2) is 18.5 Å². The van der Waals surface area contributed by atoms with E-state index in [1.807, 2.05) is 0 Å². The molecule has 0 spiro atoms. The first kappa shape index (κ1) is 8.09. The maximum absolute atomic E-state index is 10.7. The van der Waals surface area contributed by atoms with E-state index in [1.165, 1.54) is 19.3 Å². The summed E-state index contributed by atoms with van der Waals surface area (Å²) in [4.78, 5) is 7.30.